The number of nitro benzene ring substituents is 1. The van der Waals surface area contributed by atoms with Crippen LogP contribution in [0.4, 0.5) is 5.69 Å². The van der Waals surface area contributed by atoms with E-state index in [-0.39, 0.29) is 11.2 Å². The predicted octanol–water partition coefficient (Wildman–Crippen LogP) is 4.05. The van der Waals surface area contributed by atoms with Gasteiger partial charge in [-0.1, -0.05) is 36.4 Å². The van der Waals surface area contributed by atoms with Crippen molar-refractivity contribution in [1.29, 1.82) is 0 Å². The van der Waals surface area contributed by atoms with Gasteiger partial charge in [-0.2, -0.15) is 0 Å². The summed E-state index contributed by atoms with van der Waals surface area (Å²) in [7, 11) is 0. The van der Waals surface area contributed by atoms with Gasteiger partial charge >= 0.3 is 0 Å². The molecule has 1 heterocycles. The Morgan fingerprint density at radius 1 is 0.792 bits per heavy atom. The van der Waals surface area contributed by atoms with E-state index in [1.807, 2.05) is 42.5 Å². The van der Waals surface area contributed by atoms with E-state index in [1.165, 1.54) is 12.1 Å². The molecule has 0 amide bonds. The van der Waals surface area contributed by atoms with Crippen LogP contribution in [0, 0.1) is 10.1 Å². The van der Waals surface area contributed by atoms with E-state index in [2.05, 4.69) is 0 Å². The average Bonchev–Trinajstić information content (AvgIpc) is 2.62. The van der Waals surface area contributed by atoms with Gasteiger partial charge < -0.3 is 0 Å². The molecule has 0 N–H and O–H groups in total. The summed E-state index contributed by atoms with van der Waals surface area (Å²) in [6.45, 7) is 0. The van der Waals surface area contributed by atoms with Gasteiger partial charge in [-0.15, -0.1) is 0 Å². The molecule has 0 spiro atoms. The van der Waals surface area contributed by atoms with E-state index in [1.54, 1.807) is 22.8 Å². The van der Waals surface area contributed by atoms with Crippen LogP contribution in [0.3, 0.4) is 0 Å². The first-order valence-corrected chi connectivity index (χ1v) is 7.44. The number of hydrogen-bond donors (Lipinski definition) is 0. The van der Waals surface area contributed by atoms with Crippen LogP contribution in [0.1, 0.15) is 0 Å². The summed E-state index contributed by atoms with van der Waals surface area (Å²) in [6.07, 6.45) is 0. The zero-order chi connectivity index (χ0) is 16.7. The summed E-state index contributed by atoms with van der Waals surface area (Å²) in [5, 5.41) is 13.1. The second-order valence-electron chi connectivity index (χ2n) is 5.48. The Bertz CT molecular complexity index is 1150. The van der Waals surface area contributed by atoms with Crippen molar-refractivity contribution in [3.05, 3.63) is 93.3 Å². The van der Waals surface area contributed by atoms with Crippen molar-refractivity contribution in [2.24, 2.45) is 0 Å². The third kappa shape index (κ3) is 2.06. The van der Waals surface area contributed by atoms with Gasteiger partial charge in [0.15, 0.2) is 0 Å². The molecule has 5 nitrogen and oxygen atoms in total. The van der Waals surface area contributed by atoms with E-state index in [0.29, 0.717) is 21.7 Å². The Balaban J connectivity index is 2.24. The molecule has 1 aromatic heterocycles. The maximum atomic E-state index is 13.0. The Morgan fingerprint density at radius 2 is 1.46 bits per heavy atom. The highest BCUT2D eigenvalue weighted by Gasteiger charge is 2.15. The van der Waals surface area contributed by atoms with Crippen LogP contribution in [0.15, 0.2) is 77.6 Å². The maximum Gasteiger partial charge on any atom is 0.270 e. The molecular formula is C19H12N2O3. The number of pyridine rings is 1. The fraction of sp³-hybridized carbons (Fsp3) is 0. The minimum Gasteiger partial charge on any atom is -0.276 e. The normalized spacial score (nSPS) is 11.0. The summed E-state index contributed by atoms with van der Waals surface area (Å²) >= 11 is 0. The molecule has 3 aromatic carbocycles. The molecule has 116 valence electrons. The number of non-ortho nitro benzene ring substituents is 1. The molecule has 0 bridgehead atoms. The Morgan fingerprint density at radius 3 is 2.17 bits per heavy atom. The van der Waals surface area contributed by atoms with Crippen LogP contribution in [-0.2, 0) is 0 Å². The predicted molar refractivity (Wildman–Crippen MR) is 93.7 cm³/mol. The summed E-state index contributed by atoms with van der Waals surface area (Å²) in [5.74, 6) is 0. The van der Waals surface area contributed by atoms with Crippen LogP contribution in [0.25, 0.3) is 27.4 Å². The monoisotopic (exact) mass is 316 g/mol. The van der Waals surface area contributed by atoms with Crippen LogP contribution in [0.5, 0.6) is 0 Å². The molecule has 5 heteroatoms. The van der Waals surface area contributed by atoms with Gasteiger partial charge in [0.2, 0.25) is 0 Å². The lowest BCUT2D eigenvalue weighted by molar-refractivity contribution is -0.384. The van der Waals surface area contributed by atoms with E-state index in [4.69, 9.17) is 0 Å². The van der Waals surface area contributed by atoms with E-state index >= 15 is 0 Å². The zero-order valence-corrected chi connectivity index (χ0v) is 12.5. The van der Waals surface area contributed by atoms with Gasteiger partial charge in [0, 0.05) is 28.6 Å². The lowest BCUT2D eigenvalue weighted by Gasteiger charge is -2.13. The first-order chi connectivity index (χ1) is 11.7. The van der Waals surface area contributed by atoms with E-state index < -0.39 is 4.92 Å². The number of hydrogen-bond acceptors (Lipinski definition) is 3. The molecule has 0 aliphatic heterocycles. The van der Waals surface area contributed by atoms with Crippen LogP contribution in [0.2, 0.25) is 0 Å². The highest BCUT2D eigenvalue weighted by molar-refractivity contribution is 6.06. The summed E-state index contributed by atoms with van der Waals surface area (Å²) in [6, 6.07) is 21.0. The maximum absolute atomic E-state index is 13.0. The molecule has 4 rings (SSSR count). The molecule has 0 saturated heterocycles. The number of nitro groups is 1. The molecular weight excluding hydrogens is 304 g/mol. The van der Waals surface area contributed by atoms with Crippen molar-refractivity contribution >= 4 is 27.4 Å². The smallest absolute Gasteiger partial charge is 0.270 e. The van der Waals surface area contributed by atoms with Gasteiger partial charge in [0.05, 0.1) is 10.4 Å². The molecule has 0 unspecified atom stereocenters. The van der Waals surface area contributed by atoms with Gasteiger partial charge in [-0.25, -0.2) is 0 Å². The minimum atomic E-state index is -0.424. The van der Waals surface area contributed by atoms with Crippen molar-refractivity contribution < 1.29 is 4.92 Å². The molecule has 0 fully saturated rings. The first kappa shape index (κ1) is 14.1. The molecule has 0 atom stereocenters. The van der Waals surface area contributed by atoms with Crippen molar-refractivity contribution in [3.8, 4) is 5.69 Å². The van der Waals surface area contributed by atoms with Crippen LogP contribution in [-0.4, -0.2) is 9.49 Å². The summed E-state index contributed by atoms with van der Waals surface area (Å²) in [4.78, 5) is 23.7. The van der Waals surface area contributed by atoms with Crippen LogP contribution < -0.4 is 5.56 Å². The largest absolute Gasteiger partial charge is 0.276 e. The Hall–Kier alpha value is -3.47. The van der Waals surface area contributed by atoms with Crippen molar-refractivity contribution in [2.45, 2.75) is 0 Å². The molecule has 0 aliphatic rings. The topological polar surface area (TPSA) is 65.1 Å². The van der Waals surface area contributed by atoms with E-state index in [9.17, 15) is 14.9 Å². The zero-order valence-electron chi connectivity index (χ0n) is 12.5. The Labute approximate surface area is 136 Å². The van der Waals surface area contributed by atoms with Crippen LogP contribution >= 0.6 is 0 Å². The van der Waals surface area contributed by atoms with Gasteiger partial charge in [-0.3, -0.25) is 19.5 Å². The number of benzene rings is 3. The summed E-state index contributed by atoms with van der Waals surface area (Å²) in [5.41, 5.74) is 1.24. The Kier molecular flexibility index (Phi) is 3.13. The molecule has 4 aromatic rings. The third-order valence-corrected chi connectivity index (χ3v) is 4.10. The molecule has 24 heavy (non-hydrogen) atoms. The fourth-order valence-electron chi connectivity index (χ4n) is 3.02. The number of rotatable bonds is 2. The van der Waals surface area contributed by atoms with E-state index in [0.717, 1.165) is 5.69 Å². The third-order valence-electron chi connectivity index (χ3n) is 4.10. The molecule has 0 saturated carbocycles. The SMILES string of the molecule is O=c1c2ccccc2c2cc([N+](=O)[O-])ccc2n1-c1ccccc1. The van der Waals surface area contributed by atoms with Crippen molar-refractivity contribution in [1.82, 2.24) is 4.57 Å². The van der Waals surface area contributed by atoms with Crippen molar-refractivity contribution in [3.63, 3.8) is 0 Å². The average molecular weight is 316 g/mol. The highest BCUT2D eigenvalue weighted by Crippen LogP contribution is 2.28. The second-order valence-corrected chi connectivity index (χ2v) is 5.48. The minimum absolute atomic E-state index is 0.00548. The fourth-order valence-corrected chi connectivity index (χ4v) is 3.02. The quantitative estimate of drug-likeness (QED) is 0.318. The second kappa shape index (κ2) is 5.31. The number of para-hydroxylation sites is 1. The standard InChI is InChI=1S/C19H12N2O3/c22-19-16-9-5-4-8-15(16)17-12-14(21(23)24)10-11-18(17)20(19)13-6-2-1-3-7-13/h1-12H. The lowest BCUT2D eigenvalue weighted by atomic mass is 10.0. The van der Waals surface area contributed by atoms with Crippen molar-refractivity contribution in [2.75, 3.05) is 0 Å². The number of aromatic nitrogens is 1. The number of nitrogens with zero attached hydrogens (tertiary/aromatic N) is 2. The highest BCUT2D eigenvalue weighted by atomic mass is 16.6. The summed E-state index contributed by atoms with van der Waals surface area (Å²) < 4.78 is 1.60. The van der Waals surface area contributed by atoms with Gasteiger partial charge in [0.1, 0.15) is 0 Å². The first-order valence-electron chi connectivity index (χ1n) is 7.44. The number of fused-ring (bicyclic) bond motifs is 3. The van der Waals surface area contributed by atoms with Gasteiger partial charge in [0.25, 0.3) is 11.2 Å². The molecule has 0 radical (unpaired) electrons. The lowest BCUT2D eigenvalue weighted by Crippen LogP contribution is -2.19. The molecule has 0 aliphatic carbocycles. The van der Waals surface area contributed by atoms with Gasteiger partial charge in [-0.05, 0) is 29.7 Å².